The molecule has 0 bridgehead atoms. The molecule has 0 aliphatic carbocycles. The summed E-state index contributed by atoms with van der Waals surface area (Å²) >= 11 is 1.62. The van der Waals surface area contributed by atoms with Gasteiger partial charge in [-0.15, -0.1) is 11.3 Å². The van der Waals surface area contributed by atoms with E-state index in [1.165, 1.54) is 31.6 Å². The van der Waals surface area contributed by atoms with Crippen molar-refractivity contribution in [2.45, 2.75) is 12.8 Å². The molecular formula is C20H19N5S. The summed E-state index contributed by atoms with van der Waals surface area (Å²) < 4.78 is 0. The minimum absolute atomic E-state index is 0.886. The Morgan fingerprint density at radius 2 is 1.88 bits per heavy atom. The maximum atomic E-state index is 4.76. The first-order chi connectivity index (χ1) is 12.9. The average molecular weight is 361 g/mol. The van der Waals surface area contributed by atoms with Gasteiger partial charge in [0.15, 0.2) is 5.13 Å². The van der Waals surface area contributed by atoms with E-state index in [9.17, 15) is 0 Å². The van der Waals surface area contributed by atoms with Gasteiger partial charge in [0.05, 0.1) is 23.1 Å². The van der Waals surface area contributed by atoms with E-state index in [2.05, 4.69) is 50.1 Å². The van der Waals surface area contributed by atoms with E-state index >= 15 is 0 Å². The predicted molar refractivity (Wildman–Crippen MR) is 108 cm³/mol. The molecule has 5 rings (SSSR count). The Kier molecular flexibility index (Phi) is 3.83. The lowest BCUT2D eigenvalue weighted by atomic mass is 10.1. The van der Waals surface area contributed by atoms with Crippen LogP contribution in [-0.2, 0) is 0 Å². The fourth-order valence-electron chi connectivity index (χ4n) is 3.47. The van der Waals surface area contributed by atoms with E-state index in [0.29, 0.717) is 0 Å². The van der Waals surface area contributed by atoms with Crippen LogP contribution in [0.25, 0.3) is 22.2 Å². The summed E-state index contributed by atoms with van der Waals surface area (Å²) in [6.07, 6.45) is 4.43. The molecule has 2 N–H and O–H groups in total. The Morgan fingerprint density at radius 3 is 2.73 bits per heavy atom. The molecule has 0 unspecified atom stereocenters. The number of thiazole rings is 1. The lowest BCUT2D eigenvalue weighted by molar-refractivity contribution is 0.949. The predicted octanol–water partition coefficient (Wildman–Crippen LogP) is 5.03. The molecule has 1 fully saturated rings. The first-order valence-corrected chi connectivity index (χ1v) is 9.75. The van der Waals surface area contributed by atoms with Gasteiger partial charge in [-0.2, -0.15) is 5.10 Å². The largest absolute Gasteiger partial charge is 0.372 e. The maximum absolute atomic E-state index is 4.76. The smallest absolute Gasteiger partial charge is 0.187 e. The Labute approximate surface area is 155 Å². The Balaban J connectivity index is 1.37. The quantitative estimate of drug-likeness (QED) is 0.535. The second kappa shape index (κ2) is 6.46. The maximum Gasteiger partial charge on any atom is 0.187 e. The van der Waals surface area contributed by atoms with Crippen LogP contribution in [0.15, 0.2) is 54.0 Å². The highest BCUT2D eigenvalue weighted by atomic mass is 32.1. The molecule has 0 radical (unpaired) electrons. The summed E-state index contributed by atoms with van der Waals surface area (Å²) in [4.78, 5) is 7.21. The number of fused-ring (bicyclic) bond motifs is 1. The topological polar surface area (TPSA) is 56.8 Å². The molecule has 6 heteroatoms. The minimum atomic E-state index is 0.886. The summed E-state index contributed by atoms with van der Waals surface area (Å²) in [6.45, 7) is 2.34. The highest BCUT2D eigenvalue weighted by Crippen LogP contribution is 2.31. The third kappa shape index (κ3) is 2.82. The van der Waals surface area contributed by atoms with Crippen LogP contribution >= 0.6 is 11.3 Å². The molecule has 1 aliphatic heterocycles. The van der Waals surface area contributed by atoms with Crippen molar-refractivity contribution < 1.29 is 0 Å². The van der Waals surface area contributed by atoms with Gasteiger partial charge in [-0.1, -0.05) is 18.2 Å². The molecule has 4 aromatic rings. The van der Waals surface area contributed by atoms with Gasteiger partial charge in [-0.3, -0.25) is 5.10 Å². The van der Waals surface area contributed by atoms with Gasteiger partial charge in [-0.05, 0) is 37.1 Å². The molecule has 1 saturated heterocycles. The van der Waals surface area contributed by atoms with Crippen LogP contribution in [0.5, 0.6) is 0 Å². The van der Waals surface area contributed by atoms with E-state index in [-0.39, 0.29) is 0 Å². The van der Waals surface area contributed by atoms with Crippen molar-refractivity contribution in [3.8, 4) is 11.3 Å². The summed E-state index contributed by atoms with van der Waals surface area (Å²) in [5, 5.41) is 14.6. The van der Waals surface area contributed by atoms with Crippen LogP contribution in [0.1, 0.15) is 12.8 Å². The van der Waals surface area contributed by atoms with Crippen molar-refractivity contribution in [1.29, 1.82) is 0 Å². The Bertz CT molecular complexity index is 1030. The zero-order chi connectivity index (χ0) is 17.3. The van der Waals surface area contributed by atoms with E-state index < -0.39 is 0 Å². The number of nitrogens with zero attached hydrogens (tertiary/aromatic N) is 3. The lowest BCUT2D eigenvalue weighted by Gasteiger charge is -2.17. The molecule has 26 heavy (non-hydrogen) atoms. The number of benzene rings is 2. The monoisotopic (exact) mass is 361 g/mol. The van der Waals surface area contributed by atoms with Crippen LogP contribution in [-0.4, -0.2) is 28.3 Å². The molecule has 0 saturated carbocycles. The number of hydrogen-bond acceptors (Lipinski definition) is 5. The first kappa shape index (κ1) is 15.4. The lowest BCUT2D eigenvalue weighted by Crippen LogP contribution is -2.17. The van der Waals surface area contributed by atoms with Gasteiger partial charge in [0.2, 0.25) is 0 Å². The summed E-state index contributed by atoms with van der Waals surface area (Å²) in [5.41, 5.74) is 5.50. The van der Waals surface area contributed by atoms with Crippen molar-refractivity contribution in [2.75, 3.05) is 23.3 Å². The summed E-state index contributed by atoms with van der Waals surface area (Å²) in [6, 6.07) is 14.8. The van der Waals surface area contributed by atoms with Crippen LogP contribution in [0, 0.1) is 0 Å². The van der Waals surface area contributed by atoms with E-state index in [4.69, 9.17) is 4.98 Å². The van der Waals surface area contributed by atoms with Gasteiger partial charge >= 0.3 is 0 Å². The Hall–Kier alpha value is -2.86. The van der Waals surface area contributed by atoms with Gasteiger partial charge in [0.25, 0.3) is 0 Å². The molecular weight excluding hydrogens is 342 g/mol. The van der Waals surface area contributed by atoms with Crippen LogP contribution in [0.4, 0.5) is 16.5 Å². The zero-order valence-corrected chi connectivity index (χ0v) is 15.1. The van der Waals surface area contributed by atoms with Crippen molar-refractivity contribution in [2.24, 2.45) is 0 Å². The van der Waals surface area contributed by atoms with E-state index in [0.717, 1.165) is 33.0 Å². The molecule has 1 aliphatic rings. The second-order valence-electron chi connectivity index (χ2n) is 6.54. The van der Waals surface area contributed by atoms with Crippen molar-refractivity contribution in [3.05, 3.63) is 54.0 Å². The van der Waals surface area contributed by atoms with Crippen LogP contribution in [0.2, 0.25) is 0 Å². The van der Waals surface area contributed by atoms with Gasteiger partial charge in [0, 0.05) is 35.1 Å². The molecule has 0 amide bonds. The standard InChI is InChI=1S/C20H19N5S/c1-2-11-25(10-1)15-8-6-14(7-9-15)19-13-26-20(23-19)22-17-4-3-5-18-16(17)12-21-24-18/h3-9,12-13H,1-2,10-11H2,(H,21,24)(H,22,23). The molecule has 3 heterocycles. The first-order valence-electron chi connectivity index (χ1n) is 8.87. The van der Waals surface area contributed by atoms with Crippen molar-refractivity contribution in [1.82, 2.24) is 15.2 Å². The normalized spacial score (nSPS) is 14.2. The molecule has 0 atom stereocenters. The highest BCUT2D eigenvalue weighted by Gasteiger charge is 2.13. The third-order valence-corrected chi connectivity index (χ3v) is 5.62. The number of aromatic amines is 1. The Morgan fingerprint density at radius 1 is 1.04 bits per heavy atom. The van der Waals surface area contributed by atoms with Crippen molar-refractivity contribution >= 4 is 38.7 Å². The van der Waals surface area contributed by atoms with Gasteiger partial charge in [-0.25, -0.2) is 4.98 Å². The number of rotatable bonds is 4. The van der Waals surface area contributed by atoms with Crippen LogP contribution < -0.4 is 10.2 Å². The number of anilines is 3. The highest BCUT2D eigenvalue weighted by molar-refractivity contribution is 7.14. The minimum Gasteiger partial charge on any atom is -0.372 e. The van der Waals surface area contributed by atoms with Crippen molar-refractivity contribution in [3.63, 3.8) is 0 Å². The number of nitrogens with one attached hydrogen (secondary N) is 2. The second-order valence-corrected chi connectivity index (χ2v) is 7.40. The average Bonchev–Trinajstić information content (AvgIpc) is 3.43. The molecule has 2 aromatic heterocycles. The van der Waals surface area contributed by atoms with Gasteiger partial charge in [0.1, 0.15) is 0 Å². The zero-order valence-electron chi connectivity index (χ0n) is 14.3. The van der Waals surface area contributed by atoms with Crippen LogP contribution in [0.3, 0.4) is 0 Å². The van der Waals surface area contributed by atoms with Gasteiger partial charge < -0.3 is 10.2 Å². The fraction of sp³-hybridized carbons (Fsp3) is 0.200. The SMILES string of the molecule is c1cc(Nc2nc(-c3ccc(N4CCCC4)cc3)cs2)c2cn[nH]c2c1. The number of hydrogen-bond donors (Lipinski definition) is 2. The van der Waals surface area contributed by atoms with E-state index in [1.54, 1.807) is 11.3 Å². The van der Waals surface area contributed by atoms with E-state index in [1.807, 2.05) is 24.4 Å². The molecule has 130 valence electrons. The summed E-state index contributed by atoms with van der Waals surface area (Å²) in [5.74, 6) is 0. The molecule has 5 nitrogen and oxygen atoms in total. The molecule has 2 aromatic carbocycles. The number of aromatic nitrogens is 3. The number of H-pyrrole nitrogens is 1. The summed E-state index contributed by atoms with van der Waals surface area (Å²) in [7, 11) is 0. The third-order valence-electron chi connectivity index (χ3n) is 4.86. The fourth-order valence-corrected chi connectivity index (χ4v) is 4.21. The molecule has 0 spiro atoms.